The maximum absolute atomic E-state index is 4.56. The van der Waals surface area contributed by atoms with E-state index in [-0.39, 0.29) is 24.0 Å². The van der Waals surface area contributed by atoms with Gasteiger partial charge in [0.2, 0.25) is 0 Å². The lowest BCUT2D eigenvalue weighted by Gasteiger charge is -2.20. The molecule has 3 rings (SSSR count). The van der Waals surface area contributed by atoms with Crippen LogP contribution in [0, 0.1) is 5.92 Å². The van der Waals surface area contributed by atoms with Crippen LogP contribution in [0.5, 0.6) is 0 Å². The van der Waals surface area contributed by atoms with Gasteiger partial charge in [0.1, 0.15) is 0 Å². The number of halogens is 1. The van der Waals surface area contributed by atoms with E-state index < -0.39 is 0 Å². The maximum Gasteiger partial charge on any atom is 0.191 e. The third-order valence-corrected chi connectivity index (χ3v) is 4.26. The lowest BCUT2D eigenvalue weighted by Crippen LogP contribution is -2.47. The number of nitrogens with zero attached hydrogens (tertiary/aromatic N) is 2. The number of hydrogen-bond acceptors (Lipinski definition) is 2. The van der Waals surface area contributed by atoms with Crippen LogP contribution in [0.2, 0.25) is 0 Å². The molecule has 1 heterocycles. The van der Waals surface area contributed by atoms with Gasteiger partial charge in [-0.05, 0) is 38.5 Å². The topological polar surface area (TPSA) is 39.7 Å². The smallest absolute Gasteiger partial charge is 0.191 e. The Morgan fingerprint density at radius 3 is 2.47 bits per heavy atom. The standard InChI is InChI=1S/C14H26N4.HI/c1-3-15-14(16-11-4-5-11)17-13-9-18(8-10(13)2)12-6-7-12;/h10-13H,3-9H2,1-2H3,(H2,15,16,17);1H. The third-order valence-electron chi connectivity index (χ3n) is 4.26. The third kappa shape index (κ3) is 4.21. The normalized spacial score (nSPS) is 32.0. The molecule has 1 saturated heterocycles. The Hall–Kier alpha value is -0.0400. The van der Waals surface area contributed by atoms with Crippen LogP contribution in [-0.2, 0) is 0 Å². The van der Waals surface area contributed by atoms with Crippen LogP contribution in [0.25, 0.3) is 0 Å². The molecule has 0 aromatic carbocycles. The van der Waals surface area contributed by atoms with Crippen LogP contribution in [0.1, 0.15) is 39.5 Å². The van der Waals surface area contributed by atoms with Gasteiger partial charge in [0.25, 0.3) is 0 Å². The average molecular weight is 378 g/mol. The van der Waals surface area contributed by atoms with Gasteiger partial charge in [0, 0.05) is 37.8 Å². The predicted octanol–water partition coefficient (Wildman–Crippen LogP) is 1.80. The van der Waals surface area contributed by atoms with Crippen molar-refractivity contribution in [2.45, 2.75) is 57.7 Å². The highest BCUT2D eigenvalue weighted by Crippen LogP contribution is 2.31. The van der Waals surface area contributed by atoms with Crippen LogP contribution < -0.4 is 10.6 Å². The van der Waals surface area contributed by atoms with E-state index in [9.17, 15) is 0 Å². The van der Waals surface area contributed by atoms with Crippen molar-refractivity contribution in [3.05, 3.63) is 0 Å². The largest absolute Gasteiger partial charge is 0.354 e. The summed E-state index contributed by atoms with van der Waals surface area (Å²) >= 11 is 0. The van der Waals surface area contributed by atoms with Gasteiger partial charge in [-0.25, -0.2) is 0 Å². The molecule has 0 spiro atoms. The number of likely N-dealkylation sites (tertiary alicyclic amines) is 1. The zero-order valence-electron chi connectivity index (χ0n) is 12.1. The van der Waals surface area contributed by atoms with Gasteiger partial charge in [-0.3, -0.25) is 9.89 Å². The number of aliphatic imine (C=N–C) groups is 1. The van der Waals surface area contributed by atoms with Gasteiger partial charge in [-0.2, -0.15) is 0 Å². The van der Waals surface area contributed by atoms with E-state index in [2.05, 4.69) is 34.4 Å². The molecule has 2 saturated carbocycles. The average Bonchev–Trinajstić information content (AvgIpc) is 3.22. The summed E-state index contributed by atoms with van der Waals surface area (Å²) in [6, 6.07) is 2.14. The van der Waals surface area contributed by atoms with Crippen molar-refractivity contribution in [1.29, 1.82) is 0 Å². The predicted molar refractivity (Wildman–Crippen MR) is 90.2 cm³/mol. The Balaban J connectivity index is 0.00000133. The first-order valence-corrected chi connectivity index (χ1v) is 7.58. The van der Waals surface area contributed by atoms with Crippen LogP contribution in [0.4, 0.5) is 0 Å². The highest BCUT2D eigenvalue weighted by molar-refractivity contribution is 14.0. The van der Waals surface area contributed by atoms with E-state index in [0.717, 1.165) is 24.5 Å². The van der Waals surface area contributed by atoms with Crippen molar-refractivity contribution in [3.8, 4) is 0 Å². The first-order chi connectivity index (χ1) is 8.76. The fourth-order valence-corrected chi connectivity index (χ4v) is 2.82. The summed E-state index contributed by atoms with van der Waals surface area (Å²) in [5.41, 5.74) is 0. The lowest BCUT2D eigenvalue weighted by molar-refractivity contribution is 0.315. The van der Waals surface area contributed by atoms with E-state index in [1.54, 1.807) is 0 Å². The van der Waals surface area contributed by atoms with Crippen molar-refractivity contribution >= 4 is 29.9 Å². The van der Waals surface area contributed by atoms with Gasteiger partial charge in [-0.1, -0.05) is 6.92 Å². The molecule has 0 amide bonds. The number of nitrogens with one attached hydrogen (secondary N) is 2. The van der Waals surface area contributed by atoms with E-state index >= 15 is 0 Å². The molecule has 3 aliphatic rings. The highest BCUT2D eigenvalue weighted by atomic mass is 127. The van der Waals surface area contributed by atoms with Gasteiger partial charge in [0.05, 0.1) is 0 Å². The molecule has 0 aromatic rings. The Bertz CT molecular complexity index is 325. The molecule has 1 aliphatic heterocycles. The Labute approximate surface area is 133 Å². The van der Waals surface area contributed by atoms with Gasteiger partial charge in [-0.15, -0.1) is 24.0 Å². The van der Waals surface area contributed by atoms with Crippen molar-refractivity contribution in [2.24, 2.45) is 10.9 Å². The van der Waals surface area contributed by atoms with E-state index in [0.29, 0.717) is 12.1 Å². The van der Waals surface area contributed by atoms with Crippen molar-refractivity contribution < 1.29 is 0 Å². The second-order valence-electron chi connectivity index (χ2n) is 6.15. The molecular formula is C14H27IN4. The highest BCUT2D eigenvalue weighted by Gasteiger charge is 2.38. The Kier molecular flexibility index (Phi) is 5.34. The number of rotatable bonds is 4. The van der Waals surface area contributed by atoms with Crippen molar-refractivity contribution in [2.75, 3.05) is 19.6 Å². The number of hydrogen-bond donors (Lipinski definition) is 2. The molecule has 0 bridgehead atoms. The summed E-state index contributed by atoms with van der Waals surface area (Å²) in [6.45, 7) is 7.77. The molecule has 5 heteroatoms. The molecule has 2 N–H and O–H groups in total. The second-order valence-corrected chi connectivity index (χ2v) is 6.15. The molecule has 19 heavy (non-hydrogen) atoms. The summed E-state index contributed by atoms with van der Waals surface area (Å²) in [6.07, 6.45) is 5.43. The molecule has 110 valence electrons. The Morgan fingerprint density at radius 1 is 1.16 bits per heavy atom. The first kappa shape index (κ1) is 15.4. The van der Waals surface area contributed by atoms with Crippen molar-refractivity contribution in [3.63, 3.8) is 0 Å². The van der Waals surface area contributed by atoms with E-state index in [1.807, 2.05) is 0 Å². The molecule has 3 fully saturated rings. The first-order valence-electron chi connectivity index (χ1n) is 7.58. The zero-order valence-corrected chi connectivity index (χ0v) is 14.4. The maximum atomic E-state index is 4.56. The molecule has 2 atom stereocenters. The zero-order chi connectivity index (χ0) is 12.5. The van der Waals surface area contributed by atoms with E-state index in [4.69, 9.17) is 0 Å². The number of guanidine groups is 1. The Morgan fingerprint density at radius 2 is 1.89 bits per heavy atom. The van der Waals surface area contributed by atoms with E-state index in [1.165, 1.54) is 38.8 Å². The quantitative estimate of drug-likeness (QED) is 0.445. The van der Waals surface area contributed by atoms with Gasteiger partial charge in [0.15, 0.2) is 5.96 Å². The summed E-state index contributed by atoms with van der Waals surface area (Å²) in [5.74, 6) is 1.77. The summed E-state index contributed by atoms with van der Waals surface area (Å²) in [4.78, 5) is 7.22. The minimum Gasteiger partial charge on any atom is -0.354 e. The molecule has 0 aromatic heterocycles. The molecule has 2 aliphatic carbocycles. The fourth-order valence-electron chi connectivity index (χ4n) is 2.82. The van der Waals surface area contributed by atoms with Gasteiger partial charge >= 0.3 is 0 Å². The summed E-state index contributed by atoms with van der Waals surface area (Å²) < 4.78 is 0. The van der Waals surface area contributed by atoms with Gasteiger partial charge < -0.3 is 10.6 Å². The SMILES string of the molecule is CCN=C(NC1CC1)NC1CN(C2CC2)CC1C.I. The van der Waals surface area contributed by atoms with Crippen LogP contribution in [0.15, 0.2) is 4.99 Å². The minimum absolute atomic E-state index is 0. The molecule has 2 unspecified atom stereocenters. The molecular weight excluding hydrogens is 351 g/mol. The summed E-state index contributed by atoms with van der Waals surface area (Å²) in [7, 11) is 0. The molecule has 4 nitrogen and oxygen atoms in total. The van der Waals surface area contributed by atoms with Crippen molar-refractivity contribution in [1.82, 2.24) is 15.5 Å². The lowest BCUT2D eigenvalue weighted by atomic mass is 10.1. The molecule has 0 radical (unpaired) electrons. The minimum atomic E-state index is 0. The monoisotopic (exact) mass is 378 g/mol. The summed E-state index contributed by atoms with van der Waals surface area (Å²) in [5, 5.41) is 7.17. The van der Waals surface area contributed by atoms with Crippen LogP contribution in [-0.4, -0.2) is 48.6 Å². The second kappa shape index (κ2) is 6.61. The fraction of sp³-hybridized carbons (Fsp3) is 0.929. The van der Waals surface area contributed by atoms with Crippen LogP contribution >= 0.6 is 24.0 Å². The van der Waals surface area contributed by atoms with Crippen LogP contribution in [0.3, 0.4) is 0 Å².